The summed E-state index contributed by atoms with van der Waals surface area (Å²) in [6.07, 6.45) is 2.11. The second-order valence-electron chi connectivity index (χ2n) is 21.2. The number of hydrogen-bond donors (Lipinski definition) is 0. The lowest BCUT2D eigenvalue weighted by atomic mass is 9.37. The molecule has 0 atom stereocenters. The van der Waals surface area contributed by atoms with Crippen molar-refractivity contribution < 1.29 is 0 Å². The Morgan fingerprint density at radius 3 is 1.45 bits per heavy atom. The monoisotopic (exact) mass is 1030 g/mol. The van der Waals surface area contributed by atoms with Gasteiger partial charge in [0.1, 0.15) is 0 Å². The minimum Gasteiger partial charge on any atom is -0.309 e. The van der Waals surface area contributed by atoms with Gasteiger partial charge in [-0.25, -0.2) is 0 Å². The van der Waals surface area contributed by atoms with Crippen LogP contribution >= 0.6 is 0 Å². The Labute approximate surface area is 467 Å². The van der Waals surface area contributed by atoms with Gasteiger partial charge in [0.15, 0.2) is 8.07 Å². The van der Waals surface area contributed by atoms with Gasteiger partial charge in [-0.05, 0) is 112 Å². The van der Waals surface area contributed by atoms with Crippen molar-refractivity contribution in [2.24, 2.45) is 0 Å². The summed E-state index contributed by atoms with van der Waals surface area (Å²) in [6, 6.07) is 110. The number of para-hydroxylation sites is 3. The number of pyridine rings is 1. The Hall–Kier alpha value is -10.1. The second kappa shape index (κ2) is 18.6. The maximum Gasteiger partial charge on any atom is 0.244 e. The van der Waals surface area contributed by atoms with Crippen LogP contribution in [0, 0.1) is 0 Å². The molecule has 0 unspecified atom stereocenters. The normalized spacial score (nSPS) is 13.1. The van der Waals surface area contributed by atoms with Gasteiger partial charge in [-0.1, -0.05) is 277 Å². The van der Waals surface area contributed by atoms with Gasteiger partial charge in [-0.15, -0.1) is 0 Å². The zero-order valence-electron chi connectivity index (χ0n) is 43.8. The molecule has 372 valence electrons. The summed E-state index contributed by atoms with van der Waals surface area (Å²) in [5.41, 5.74) is 21.5. The SMILES string of the molecule is c1ccc(-c2cccc3c2B(c2ccc4c5ncc(N6c7ccccc7[Si](c7ccccc7)(c7ccccc7)c7ccccc76)cc5n(-c5ccccc5)c4c2)c2c-3c(-c3ccccc3)c3ccccc3c2-c2ccccc2)cc1. The van der Waals surface area contributed by atoms with Crippen molar-refractivity contribution in [1.82, 2.24) is 9.55 Å². The van der Waals surface area contributed by atoms with Crippen LogP contribution in [0.4, 0.5) is 17.1 Å². The Morgan fingerprint density at radius 1 is 0.338 bits per heavy atom. The summed E-state index contributed by atoms with van der Waals surface area (Å²) in [5, 5.41) is 9.05. The summed E-state index contributed by atoms with van der Waals surface area (Å²) in [7, 11) is -2.82. The van der Waals surface area contributed by atoms with Crippen LogP contribution in [0.25, 0.3) is 82.9 Å². The molecule has 2 aromatic heterocycles. The van der Waals surface area contributed by atoms with Gasteiger partial charge in [-0.2, -0.15) is 0 Å². The van der Waals surface area contributed by atoms with Crippen LogP contribution < -0.4 is 42.0 Å². The van der Waals surface area contributed by atoms with Crippen LogP contribution in [0.2, 0.25) is 0 Å². The molecule has 4 heterocycles. The quantitative estimate of drug-likeness (QED) is 0.141. The van der Waals surface area contributed by atoms with Crippen molar-refractivity contribution in [3.63, 3.8) is 0 Å². The minimum atomic E-state index is -2.82. The van der Waals surface area contributed by atoms with Crippen LogP contribution in [-0.2, 0) is 0 Å². The van der Waals surface area contributed by atoms with Gasteiger partial charge in [0, 0.05) is 22.4 Å². The van der Waals surface area contributed by atoms with E-state index < -0.39 is 8.07 Å². The molecule has 5 heteroatoms. The highest BCUT2D eigenvalue weighted by Crippen LogP contribution is 2.46. The smallest absolute Gasteiger partial charge is 0.244 e. The number of rotatable bonds is 8. The standard InChI is InChI=1S/C75H50BN3Si/c1-7-26-51(27-8-1)59-40-25-41-63-72-70(52-28-9-2-10-29-52)60-38-19-20-39-61(60)71(53-30-11-3-12-31-53)74(72)76(73(59)63)54-46-47-62-66(48-54)78(55-32-13-4-14-33-55)67-49-56(50-77-75(62)67)79-64-42-21-23-44-68(64)80(57-34-15-5-16-35-57,58-36-17-6-18-37-58)69-45-24-22-43-65(69)79/h1-50H. The average molecular weight is 1030 g/mol. The molecule has 0 fully saturated rings. The van der Waals surface area contributed by atoms with Crippen molar-refractivity contribution in [2.45, 2.75) is 0 Å². The molecule has 2 aliphatic heterocycles. The largest absolute Gasteiger partial charge is 0.309 e. The Kier molecular flexibility index (Phi) is 10.7. The second-order valence-corrected chi connectivity index (χ2v) is 25.0. The first-order valence-corrected chi connectivity index (χ1v) is 29.7. The number of benzene rings is 12. The van der Waals surface area contributed by atoms with E-state index in [1.807, 2.05) is 0 Å². The van der Waals surface area contributed by atoms with Gasteiger partial charge in [-0.3, -0.25) is 4.98 Å². The van der Waals surface area contributed by atoms with E-state index in [9.17, 15) is 0 Å². The van der Waals surface area contributed by atoms with E-state index in [0.29, 0.717) is 0 Å². The van der Waals surface area contributed by atoms with Crippen LogP contribution in [0.1, 0.15) is 0 Å². The van der Waals surface area contributed by atoms with E-state index in [2.05, 4.69) is 313 Å². The predicted octanol–water partition coefficient (Wildman–Crippen LogP) is 14.0. The Bertz CT molecular complexity index is 4610. The molecule has 0 N–H and O–H groups in total. The van der Waals surface area contributed by atoms with Gasteiger partial charge in [0.25, 0.3) is 0 Å². The number of nitrogens with zero attached hydrogens (tertiary/aromatic N) is 3. The first kappa shape index (κ1) is 46.1. The molecule has 14 aromatic rings. The lowest BCUT2D eigenvalue weighted by Crippen LogP contribution is -2.77. The van der Waals surface area contributed by atoms with Crippen molar-refractivity contribution in [3.8, 4) is 50.2 Å². The number of anilines is 3. The van der Waals surface area contributed by atoms with E-state index in [-0.39, 0.29) is 6.71 Å². The maximum absolute atomic E-state index is 5.56. The van der Waals surface area contributed by atoms with Gasteiger partial charge >= 0.3 is 0 Å². The van der Waals surface area contributed by atoms with Crippen LogP contribution in [-0.4, -0.2) is 24.3 Å². The summed E-state index contributed by atoms with van der Waals surface area (Å²) in [6.45, 7) is -0.131. The predicted molar refractivity (Wildman–Crippen MR) is 341 cm³/mol. The fourth-order valence-corrected chi connectivity index (χ4v) is 19.1. The minimum absolute atomic E-state index is 0.131. The van der Waals surface area contributed by atoms with E-state index in [0.717, 1.165) is 33.3 Å². The lowest BCUT2D eigenvalue weighted by Gasteiger charge is -2.44. The summed E-state index contributed by atoms with van der Waals surface area (Å²) >= 11 is 0. The van der Waals surface area contributed by atoms with Crippen molar-refractivity contribution >= 4 is 102 Å². The maximum atomic E-state index is 5.56. The highest BCUT2D eigenvalue weighted by Gasteiger charge is 2.49. The molecule has 0 radical (unpaired) electrons. The highest BCUT2D eigenvalue weighted by molar-refractivity contribution is 7.21. The summed E-state index contributed by atoms with van der Waals surface area (Å²) in [5.74, 6) is 0. The van der Waals surface area contributed by atoms with E-state index in [1.54, 1.807) is 0 Å². The third kappa shape index (κ3) is 6.84. The van der Waals surface area contributed by atoms with E-state index in [4.69, 9.17) is 4.98 Å². The molecule has 3 nitrogen and oxygen atoms in total. The average Bonchev–Trinajstić information content (AvgIpc) is 3.44. The first-order valence-electron chi connectivity index (χ1n) is 27.7. The summed E-state index contributed by atoms with van der Waals surface area (Å²) < 4.78 is 2.47. The van der Waals surface area contributed by atoms with Gasteiger partial charge in [0.05, 0.1) is 28.4 Å². The van der Waals surface area contributed by atoms with Gasteiger partial charge in [0.2, 0.25) is 6.71 Å². The molecule has 2 aliphatic rings. The molecule has 0 bridgehead atoms. The zero-order chi connectivity index (χ0) is 52.7. The van der Waals surface area contributed by atoms with E-state index >= 15 is 0 Å². The molecule has 0 spiro atoms. The van der Waals surface area contributed by atoms with Gasteiger partial charge < -0.3 is 9.47 Å². The molecule has 0 saturated carbocycles. The van der Waals surface area contributed by atoms with Crippen molar-refractivity contribution in [1.29, 1.82) is 0 Å². The summed E-state index contributed by atoms with van der Waals surface area (Å²) in [4.78, 5) is 8.04. The Balaban J connectivity index is 0.971. The third-order valence-electron chi connectivity index (χ3n) is 17.1. The van der Waals surface area contributed by atoms with Crippen LogP contribution in [0.3, 0.4) is 0 Å². The molecule has 0 saturated heterocycles. The number of hydrogen-bond acceptors (Lipinski definition) is 2. The number of aromatic nitrogens is 2. The Morgan fingerprint density at radius 2 is 0.838 bits per heavy atom. The fraction of sp³-hybridized carbons (Fsp3) is 0. The molecule has 0 amide bonds. The molecular weight excluding hydrogens is 982 g/mol. The molecule has 12 aromatic carbocycles. The zero-order valence-corrected chi connectivity index (χ0v) is 44.8. The molecule has 16 rings (SSSR count). The fourth-order valence-electron chi connectivity index (χ4n) is 14.0. The third-order valence-corrected chi connectivity index (χ3v) is 22.0. The first-order chi connectivity index (χ1) is 39.8. The van der Waals surface area contributed by atoms with Crippen molar-refractivity contribution in [2.75, 3.05) is 4.90 Å². The van der Waals surface area contributed by atoms with Crippen molar-refractivity contribution in [3.05, 3.63) is 303 Å². The molecular formula is C75H50BN3Si. The van der Waals surface area contributed by atoms with E-state index in [1.165, 1.54) is 104 Å². The molecule has 0 aliphatic carbocycles. The lowest BCUT2D eigenvalue weighted by molar-refractivity contribution is 1.17. The van der Waals surface area contributed by atoms with Crippen LogP contribution in [0.15, 0.2) is 303 Å². The van der Waals surface area contributed by atoms with Crippen LogP contribution in [0.5, 0.6) is 0 Å². The number of fused-ring (bicyclic) bond motifs is 9. The topological polar surface area (TPSA) is 21.1 Å². The molecule has 80 heavy (non-hydrogen) atoms. The highest BCUT2D eigenvalue weighted by atomic mass is 28.3.